The van der Waals surface area contributed by atoms with E-state index in [1.54, 1.807) is 12.4 Å². The Kier molecular flexibility index (Phi) is 4.30. The highest BCUT2D eigenvalue weighted by Gasteiger charge is 2.30. The maximum absolute atomic E-state index is 12.6. The van der Waals surface area contributed by atoms with Gasteiger partial charge in [0.1, 0.15) is 0 Å². The van der Waals surface area contributed by atoms with Gasteiger partial charge in [0.05, 0.1) is 18.2 Å². The second-order valence-corrected chi connectivity index (χ2v) is 5.19. The lowest BCUT2D eigenvalue weighted by Gasteiger charge is -2.08. The topological polar surface area (TPSA) is 31.2 Å². The summed E-state index contributed by atoms with van der Waals surface area (Å²) in [5.41, 5.74) is 0.692. The van der Waals surface area contributed by atoms with Crippen LogP contribution in [-0.4, -0.2) is 17.6 Å². The third-order valence-electron chi connectivity index (χ3n) is 3.37. The van der Waals surface area contributed by atoms with Gasteiger partial charge in [-0.25, -0.2) is 4.79 Å². The molecule has 0 fully saturated rings. The molecular weight excluding hydrogens is 295 g/mol. The quantitative estimate of drug-likeness (QED) is 0.779. The average Bonchev–Trinajstić information content (AvgIpc) is 2.91. The van der Waals surface area contributed by atoms with Crippen molar-refractivity contribution in [1.29, 1.82) is 0 Å². The van der Waals surface area contributed by atoms with E-state index in [9.17, 15) is 18.0 Å². The molecule has 2 rings (SSSR count). The molecule has 22 heavy (non-hydrogen) atoms. The monoisotopic (exact) mass is 311 g/mol. The van der Waals surface area contributed by atoms with E-state index < -0.39 is 17.7 Å². The van der Waals surface area contributed by atoms with E-state index in [1.165, 1.54) is 19.2 Å². The van der Waals surface area contributed by atoms with Crippen LogP contribution in [0.15, 0.2) is 36.7 Å². The van der Waals surface area contributed by atoms with E-state index in [4.69, 9.17) is 4.74 Å². The largest absolute Gasteiger partial charge is 0.465 e. The summed E-state index contributed by atoms with van der Waals surface area (Å²) in [6.07, 6.45) is -1.00. The summed E-state index contributed by atoms with van der Waals surface area (Å²) in [6, 6.07) is 4.84. The number of esters is 1. The van der Waals surface area contributed by atoms with Gasteiger partial charge in [-0.05, 0) is 31.5 Å². The van der Waals surface area contributed by atoms with E-state index in [1.807, 2.05) is 18.4 Å². The van der Waals surface area contributed by atoms with Crippen LogP contribution in [0.5, 0.6) is 0 Å². The predicted molar refractivity (Wildman–Crippen MR) is 76.6 cm³/mol. The van der Waals surface area contributed by atoms with E-state index in [2.05, 4.69) is 0 Å². The first kappa shape index (κ1) is 16.1. The molecule has 0 amide bonds. The van der Waals surface area contributed by atoms with Crippen LogP contribution in [0, 0.1) is 0 Å². The highest BCUT2D eigenvalue weighted by molar-refractivity contribution is 5.97. The van der Waals surface area contributed by atoms with E-state index in [-0.39, 0.29) is 6.04 Å². The van der Waals surface area contributed by atoms with Crippen molar-refractivity contribution in [2.24, 2.45) is 0 Å². The summed E-state index contributed by atoms with van der Waals surface area (Å²) in [6.45, 7) is 3.88. The fourth-order valence-electron chi connectivity index (χ4n) is 2.11. The van der Waals surface area contributed by atoms with Gasteiger partial charge in [-0.15, -0.1) is 0 Å². The van der Waals surface area contributed by atoms with Crippen molar-refractivity contribution in [3.05, 3.63) is 47.8 Å². The van der Waals surface area contributed by atoms with E-state index in [0.717, 1.165) is 12.1 Å². The van der Waals surface area contributed by atoms with Gasteiger partial charge in [-0.3, -0.25) is 0 Å². The summed E-state index contributed by atoms with van der Waals surface area (Å²) >= 11 is 0. The van der Waals surface area contributed by atoms with Crippen LogP contribution in [0.25, 0.3) is 11.1 Å². The Balaban J connectivity index is 2.49. The summed E-state index contributed by atoms with van der Waals surface area (Å²) in [7, 11) is 1.27. The number of rotatable bonds is 3. The fourth-order valence-corrected chi connectivity index (χ4v) is 2.11. The fraction of sp³-hybridized carbons (Fsp3) is 0.312. The first-order valence-corrected chi connectivity index (χ1v) is 6.71. The van der Waals surface area contributed by atoms with Gasteiger partial charge in [0.2, 0.25) is 0 Å². The molecular formula is C16H16F3NO2. The molecule has 1 heterocycles. The maximum Gasteiger partial charge on any atom is 0.416 e. The number of hydrogen-bond donors (Lipinski definition) is 0. The Bertz CT molecular complexity index is 670. The molecule has 0 atom stereocenters. The molecule has 2 aromatic rings. The van der Waals surface area contributed by atoms with Gasteiger partial charge in [0, 0.05) is 24.0 Å². The molecule has 0 bridgehead atoms. The molecule has 0 aliphatic rings. The molecule has 6 heteroatoms. The zero-order chi connectivity index (χ0) is 16.5. The molecule has 1 aromatic carbocycles. The van der Waals surface area contributed by atoms with Crippen LogP contribution >= 0.6 is 0 Å². The molecule has 3 nitrogen and oxygen atoms in total. The zero-order valence-electron chi connectivity index (χ0n) is 12.4. The Morgan fingerprint density at radius 2 is 1.73 bits per heavy atom. The van der Waals surface area contributed by atoms with Crippen LogP contribution in [0.2, 0.25) is 0 Å². The van der Waals surface area contributed by atoms with Crippen molar-refractivity contribution < 1.29 is 22.7 Å². The van der Waals surface area contributed by atoms with Crippen molar-refractivity contribution in [3.63, 3.8) is 0 Å². The predicted octanol–water partition coefficient (Wildman–Crippen LogP) is 4.54. The number of ether oxygens (including phenoxy) is 1. The molecule has 0 saturated carbocycles. The molecule has 0 saturated heterocycles. The number of methoxy groups -OCH3 is 1. The van der Waals surface area contributed by atoms with E-state index >= 15 is 0 Å². The highest BCUT2D eigenvalue weighted by Crippen LogP contribution is 2.32. The summed E-state index contributed by atoms with van der Waals surface area (Å²) < 4.78 is 44.4. The Hall–Kier alpha value is -2.24. The summed E-state index contributed by atoms with van der Waals surface area (Å²) in [4.78, 5) is 11.9. The summed E-state index contributed by atoms with van der Waals surface area (Å²) in [5.74, 6) is -0.519. The van der Waals surface area contributed by atoms with Crippen molar-refractivity contribution in [2.45, 2.75) is 26.1 Å². The molecule has 0 aliphatic heterocycles. The van der Waals surface area contributed by atoms with Crippen LogP contribution < -0.4 is 0 Å². The van der Waals surface area contributed by atoms with Gasteiger partial charge in [0.15, 0.2) is 0 Å². The third-order valence-corrected chi connectivity index (χ3v) is 3.37. The number of carbonyl (C=O) groups is 1. The van der Waals surface area contributed by atoms with Gasteiger partial charge < -0.3 is 9.30 Å². The van der Waals surface area contributed by atoms with Gasteiger partial charge >= 0.3 is 12.1 Å². The molecule has 0 spiro atoms. The maximum atomic E-state index is 12.6. The van der Waals surface area contributed by atoms with Crippen molar-refractivity contribution in [2.75, 3.05) is 7.11 Å². The lowest BCUT2D eigenvalue weighted by molar-refractivity contribution is -0.137. The molecule has 0 N–H and O–H groups in total. The SMILES string of the molecule is COC(=O)c1cn(C(C)C)cc1-c1ccc(C(F)(F)F)cc1. The number of benzene rings is 1. The number of carbonyl (C=O) groups excluding carboxylic acids is 1. The summed E-state index contributed by atoms with van der Waals surface area (Å²) in [5, 5.41) is 0. The van der Waals surface area contributed by atoms with Crippen molar-refractivity contribution >= 4 is 5.97 Å². The zero-order valence-corrected chi connectivity index (χ0v) is 12.4. The Labute approximate surface area is 126 Å². The molecule has 0 radical (unpaired) electrons. The van der Waals surface area contributed by atoms with Gasteiger partial charge in [0.25, 0.3) is 0 Å². The minimum atomic E-state index is -4.38. The van der Waals surface area contributed by atoms with Crippen molar-refractivity contribution in [3.8, 4) is 11.1 Å². The second-order valence-electron chi connectivity index (χ2n) is 5.19. The number of halogens is 3. The van der Waals surface area contributed by atoms with Crippen LogP contribution in [0.4, 0.5) is 13.2 Å². The number of aromatic nitrogens is 1. The smallest absolute Gasteiger partial charge is 0.416 e. The Morgan fingerprint density at radius 1 is 1.14 bits per heavy atom. The minimum absolute atomic E-state index is 0.117. The third kappa shape index (κ3) is 3.16. The lowest BCUT2D eigenvalue weighted by Crippen LogP contribution is -2.04. The standard InChI is InChI=1S/C16H16F3NO2/c1-10(2)20-8-13(14(9-20)15(21)22-3)11-4-6-12(7-5-11)16(17,18)19/h4-10H,1-3H3. The van der Waals surface area contributed by atoms with Crippen LogP contribution in [-0.2, 0) is 10.9 Å². The van der Waals surface area contributed by atoms with Gasteiger partial charge in [-0.2, -0.15) is 13.2 Å². The number of hydrogen-bond acceptors (Lipinski definition) is 2. The lowest BCUT2D eigenvalue weighted by atomic mass is 10.0. The van der Waals surface area contributed by atoms with Gasteiger partial charge in [-0.1, -0.05) is 12.1 Å². The number of alkyl halides is 3. The van der Waals surface area contributed by atoms with E-state index in [0.29, 0.717) is 16.7 Å². The normalized spacial score (nSPS) is 11.8. The first-order valence-electron chi connectivity index (χ1n) is 6.71. The van der Waals surface area contributed by atoms with Crippen LogP contribution in [0.1, 0.15) is 35.8 Å². The van der Waals surface area contributed by atoms with Crippen LogP contribution in [0.3, 0.4) is 0 Å². The second kappa shape index (κ2) is 5.87. The average molecular weight is 311 g/mol. The minimum Gasteiger partial charge on any atom is -0.465 e. The highest BCUT2D eigenvalue weighted by atomic mass is 19.4. The van der Waals surface area contributed by atoms with Crippen molar-refractivity contribution in [1.82, 2.24) is 4.57 Å². The molecule has 0 unspecified atom stereocenters. The molecule has 118 valence electrons. The first-order chi connectivity index (χ1) is 10.2. The number of nitrogens with zero attached hydrogens (tertiary/aromatic N) is 1. The molecule has 0 aliphatic carbocycles. The molecule has 1 aromatic heterocycles. The Morgan fingerprint density at radius 3 is 2.18 bits per heavy atom.